The maximum absolute atomic E-state index is 13.8. The first-order valence-electron chi connectivity index (χ1n) is 8.12. The molecule has 126 valence electrons. The molecule has 0 unspecified atom stereocenters. The van der Waals surface area contributed by atoms with Gasteiger partial charge in [0.1, 0.15) is 0 Å². The summed E-state index contributed by atoms with van der Waals surface area (Å²) in [6, 6.07) is 1.46. The van der Waals surface area contributed by atoms with Gasteiger partial charge in [0, 0.05) is 43.3 Å². The molecule has 0 aliphatic carbocycles. The van der Waals surface area contributed by atoms with Gasteiger partial charge in [-0.25, -0.2) is 9.37 Å². The summed E-state index contributed by atoms with van der Waals surface area (Å²) >= 11 is 1.67. The van der Waals surface area contributed by atoms with Crippen LogP contribution in [0.5, 0.6) is 0 Å². The van der Waals surface area contributed by atoms with Crippen molar-refractivity contribution in [2.75, 3.05) is 19.6 Å². The maximum Gasteiger partial charge on any atom is 0.257 e. The van der Waals surface area contributed by atoms with Crippen LogP contribution in [0.15, 0.2) is 23.8 Å². The van der Waals surface area contributed by atoms with Gasteiger partial charge in [-0.2, -0.15) is 0 Å². The number of nitrogens with zero attached hydrogens (tertiary/aromatic N) is 4. The molecule has 4 rings (SSSR count). The van der Waals surface area contributed by atoms with E-state index in [9.17, 15) is 9.18 Å². The summed E-state index contributed by atoms with van der Waals surface area (Å²) in [7, 11) is 0. The molecule has 2 aromatic rings. The van der Waals surface area contributed by atoms with E-state index in [1.807, 2.05) is 6.92 Å². The fourth-order valence-corrected chi connectivity index (χ4v) is 4.32. The smallest absolute Gasteiger partial charge is 0.257 e. The second kappa shape index (κ2) is 5.89. The minimum atomic E-state index is -0.549. The number of hydrogen-bond acceptors (Lipinski definition) is 5. The van der Waals surface area contributed by atoms with E-state index in [1.54, 1.807) is 16.2 Å². The molecule has 2 saturated heterocycles. The van der Waals surface area contributed by atoms with E-state index in [0.29, 0.717) is 13.1 Å². The number of halogens is 1. The first kappa shape index (κ1) is 15.7. The highest BCUT2D eigenvalue weighted by molar-refractivity contribution is 7.09. The molecule has 2 aliphatic heterocycles. The molecule has 0 radical (unpaired) electrons. The van der Waals surface area contributed by atoms with Crippen molar-refractivity contribution in [1.29, 1.82) is 0 Å². The monoisotopic (exact) mass is 346 g/mol. The lowest BCUT2D eigenvalue weighted by Crippen LogP contribution is -2.60. The molecule has 24 heavy (non-hydrogen) atoms. The summed E-state index contributed by atoms with van der Waals surface area (Å²) in [5.74, 6) is -0.782. The third-order valence-corrected chi connectivity index (χ3v) is 5.98. The van der Waals surface area contributed by atoms with Crippen LogP contribution in [0.25, 0.3) is 0 Å². The Kier molecular flexibility index (Phi) is 3.85. The van der Waals surface area contributed by atoms with E-state index >= 15 is 0 Å². The average molecular weight is 346 g/mol. The lowest BCUT2D eigenvalue weighted by molar-refractivity contribution is -0.0140. The van der Waals surface area contributed by atoms with E-state index in [1.165, 1.54) is 12.3 Å². The van der Waals surface area contributed by atoms with Gasteiger partial charge in [0.05, 0.1) is 22.5 Å². The zero-order valence-electron chi connectivity index (χ0n) is 13.5. The van der Waals surface area contributed by atoms with E-state index < -0.39 is 5.82 Å². The Morgan fingerprint density at radius 1 is 1.42 bits per heavy atom. The molecular weight excluding hydrogens is 327 g/mol. The Morgan fingerprint density at radius 3 is 2.92 bits per heavy atom. The number of pyridine rings is 1. The van der Waals surface area contributed by atoms with Gasteiger partial charge in [-0.05, 0) is 25.8 Å². The molecule has 4 heterocycles. The van der Waals surface area contributed by atoms with E-state index in [-0.39, 0.29) is 17.0 Å². The van der Waals surface area contributed by atoms with Crippen molar-refractivity contribution in [2.24, 2.45) is 0 Å². The van der Waals surface area contributed by atoms with Crippen LogP contribution in [0.2, 0.25) is 0 Å². The predicted molar refractivity (Wildman–Crippen MR) is 89.3 cm³/mol. The number of carbonyl (C=O) groups is 1. The summed E-state index contributed by atoms with van der Waals surface area (Å²) in [5, 5.41) is 3.18. The van der Waals surface area contributed by atoms with Crippen molar-refractivity contribution in [2.45, 2.75) is 31.8 Å². The first-order valence-corrected chi connectivity index (χ1v) is 9.00. The number of carbonyl (C=O) groups excluding carboxylic acids is 1. The van der Waals surface area contributed by atoms with Crippen LogP contribution in [-0.4, -0.2) is 50.8 Å². The third kappa shape index (κ3) is 2.61. The summed E-state index contributed by atoms with van der Waals surface area (Å²) < 4.78 is 13.8. The number of aromatic nitrogens is 2. The third-order valence-electron chi connectivity index (χ3n) is 5.16. The minimum Gasteiger partial charge on any atom is -0.337 e. The Balaban J connectivity index is 1.46. The van der Waals surface area contributed by atoms with E-state index in [2.05, 4.69) is 20.2 Å². The highest BCUT2D eigenvalue weighted by Gasteiger charge is 2.50. The fourth-order valence-electron chi connectivity index (χ4n) is 3.72. The van der Waals surface area contributed by atoms with Crippen LogP contribution in [0.3, 0.4) is 0 Å². The Bertz CT molecular complexity index is 779. The lowest BCUT2D eigenvalue weighted by atomic mass is 9.83. The molecule has 1 amide bonds. The Hall–Kier alpha value is -1.86. The molecule has 0 saturated carbocycles. The van der Waals surface area contributed by atoms with Crippen molar-refractivity contribution in [1.82, 2.24) is 19.8 Å². The van der Waals surface area contributed by atoms with Gasteiger partial charge < -0.3 is 4.90 Å². The fraction of sp³-hybridized carbons (Fsp3) is 0.471. The molecule has 0 N–H and O–H groups in total. The number of amides is 1. The van der Waals surface area contributed by atoms with Crippen LogP contribution < -0.4 is 0 Å². The van der Waals surface area contributed by atoms with Crippen LogP contribution in [-0.2, 0) is 6.54 Å². The SMILES string of the molecule is Cc1nc(CN2CC[C@@]23CCN(C(=O)c2ccncc2F)C3)cs1. The van der Waals surface area contributed by atoms with Crippen molar-refractivity contribution >= 4 is 17.2 Å². The molecule has 1 atom stereocenters. The number of aryl methyl sites for hydroxylation is 1. The van der Waals surface area contributed by atoms with Gasteiger partial charge in [0.15, 0.2) is 5.82 Å². The molecule has 2 aliphatic rings. The highest BCUT2D eigenvalue weighted by atomic mass is 32.1. The molecule has 2 fully saturated rings. The van der Waals surface area contributed by atoms with Gasteiger partial charge in [-0.3, -0.25) is 14.7 Å². The van der Waals surface area contributed by atoms with Gasteiger partial charge in [0.2, 0.25) is 0 Å². The van der Waals surface area contributed by atoms with Crippen molar-refractivity contribution in [3.05, 3.63) is 45.9 Å². The van der Waals surface area contributed by atoms with Crippen LogP contribution in [0.4, 0.5) is 4.39 Å². The van der Waals surface area contributed by atoms with Crippen LogP contribution in [0, 0.1) is 12.7 Å². The van der Waals surface area contributed by atoms with Gasteiger partial charge in [-0.1, -0.05) is 0 Å². The van der Waals surface area contributed by atoms with Crippen molar-refractivity contribution < 1.29 is 9.18 Å². The van der Waals surface area contributed by atoms with Gasteiger partial charge >= 0.3 is 0 Å². The van der Waals surface area contributed by atoms with Crippen molar-refractivity contribution in [3.8, 4) is 0 Å². The average Bonchev–Trinajstić information content (AvgIpc) is 3.19. The molecule has 5 nitrogen and oxygen atoms in total. The van der Waals surface area contributed by atoms with Gasteiger partial charge in [-0.15, -0.1) is 11.3 Å². The summed E-state index contributed by atoms with van der Waals surface area (Å²) in [6.45, 7) is 5.21. The highest BCUT2D eigenvalue weighted by Crippen LogP contribution is 2.40. The second-order valence-electron chi connectivity index (χ2n) is 6.59. The van der Waals surface area contributed by atoms with Crippen LogP contribution in [0.1, 0.15) is 33.9 Å². The minimum absolute atomic E-state index is 0.0384. The normalized spacial score (nSPS) is 23.7. The number of hydrogen-bond donors (Lipinski definition) is 0. The Morgan fingerprint density at radius 2 is 2.25 bits per heavy atom. The number of likely N-dealkylation sites (tertiary alicyclic amines) is 2. The van der Waals surface area contributed by atoms with Crippen molar-refractivity contribution in [3.63, 3.8) is 0 Å². The zero-order valence-corrected chi connectivity index (χ0v) is 14.4. The molecule has 0 bridgehead atoms. The lowest BCUT2D eigenvalue weighted by Gasteiger charge is -2.50. The standard InChI is InChI=1S/C17H19FN4OS/c1-12-20-13(10-24-12)9-22-7-4-17(22)3-6-21(11-17)16(23)14-2-5-19-8-15(14)18/h2,5,8,10H,3-4,6-7,9,11H2,1H3/t17-/m1/s1. The van der Waals surface area contributed by atoms with E-state index in [0.717, 1.165) is 42.8 Å². The number of thiazole rings is 1. The molecule has 0 aromatic carbocycles. The molecule has 2 aromatic heterocycles. The Labute approximate surface area is 144 Å². The molecular formula is C17H19FN4OS. The predicted octanol–water partition coefficient (Wildman–Crippen LogP) is 2.48. The summed E-state index contributed by atoms with van der Waals surface area (Å²) in [4.78, 5) is 25.0. The second-order valence-corrected chi connectivity index (χ2v) is 7.65. The maximum atomic E-state index is 13.8. The zero-order chi connectivity index (χ0) is 16.7. The number of rotatable bonds is 3. The quantitative estimate of drug-likeness (QED) is 0.857. The van der Waals surface area contributed by atoms with E-state index in [4.69, 9.17) is 0 Å². The van der Waals surface area contributed by atoms with Gasteiger partial charge in [0.25, 0.3) is 5.91 Å². The largest absolute Gasteiger partial charge is 0.337 e. The molecule has 7 heteroatoms. The summed E-state index contributed by atoms with van der Waals surface area (Å²) in [6.07, 6.45) is 4.58. The topological polar surface area (TPSA) is 49.3 Å². The first-order chi connectivity index (χ1) is 11.6. The van der Waals surface area contributed by atoms with Crippen LogP contribution >= 0.6 is 11.3 Å². The summed E-state index contributed by atoms with van der Waals surface area (Å²) in [5.41, 5.74) is 1.25. The molecule has 1 spiro atoms.